The fraction of sp³-hybridized carbons (Fsp3) is 0.923. The molecule has 0 aliphatic rings. The van der Waals surface area contributed by atoms with E-state index in [1.165, 1.54) is 44.1 Å². The van der Waals surface area contributed by atoms with Crippen molar-refractivity contribution in [1.82, 2.24) is 0 Å². The number of thioether (sulfide) groups is 2. The van der Waals surface area contributed by atoms with Crippen LogP contribution in [0.5, 0.6) is 0 Å². The lowest BCUT2D eigenvalue weighted by Gasteiger charge is -2.16. The van der Waals surface area contributed by atoms with Crippen LogP contribution in [0.15, 0.2) is 0 Å². The van der Waals surface area contributed by atoms with Gasteiger partial charge in [-0.15, -0.1) is 0 Å². The van der Waals surface area contributed by atoms with Crippen LogP contribution in [-0.4, -0.2) is 35.1 Å². The Bertz CT molecular complexity index is 174. The summed E-state index contributed by atoms with van der Waals surface area (Å²) in [4.78, 5) is 11.0. The van der Waals surface area contributed by atoms with E-state index in [4.69, 9.17) is 4.74 Å². The highest BCUT2D eigenvalue weighted by Crippen LogP contribution is 2.14. The molecule has 0 unspecified atom stereocenters. The molecule has 0 rings (SSSR count). The molecule has 0 atom stereocenters. The van der Waals surface area contributed by atoms with E-state index in [2.05, 4.69) is 13.8 Å². The fourth-order valence-corrected chi connectivity index (χ4v) is 3.64. The highest BCUT2D eigenvalue weighted by Gasteiger charge is 2.11. The van der Waals surface area contributed by atoms with Crippen molar-refractivity contribution in [2.24, 2.45) is 0 Å². The molecule has 0 aliphatic carbocycles. The summed E-state index contributed by atoms with van der Waals surface area (Å²) in [5.41, 5.74) is 0. The number of rotatable bonds is 11. The van der Waals surface area contributed by atoms with Crippen LogP contribution >= 0.6 is 23.5 Å². The molecule has 2 nitrogen and oxygen atoms in total. The van der Waals surface area contributed by atoms with Crippen LogP contribution in [0.1, 0.15) is 46.5 Å². The van der Waals surface area contributed by atoms with E-state index in [1.807, 2.05) is 23.5 Å². The number of hydrogen-bond donors (Lipinski definition) is 0. The second-order valence-electron chi connectivity index (χ2n) is 4.09. The van der Waals surface area contributed by atoms with Gasteiger partial charge in [-0.05, 0) is 24.3 Å². The summed E-state index contributed by atoms with van der Waals surface area (Å²) >= 11 is 3.80. The Morgan fingerprint density at radius 3 is 1.88 bits per heavy atom. The minimum atomic E-state index is -0.151. The maximum atomic E-state index is 11.0. The van der Waals surface area contributed by atoms with E-state index in [1.54, 1.807) is 0 Å². The van der Waals surface area contributed by atoms with E-state index in [0.717, 1.165) is 11.5 Å². The molecule has 0 aliphatic heterocycles. The normalized spacial score (nSPS) is 10.8. The zero-order chi connectivity index (χ0) is 12.9. The van der Waals surface area contributed by atoms with E-state index in [-0.39, 0.29) is 12.1 Å². The fourth-order valence-electron chi connectivity index (χ4n) is 1.27. The molecule has 0 aromatic rings. The molecule has 0 fully saturated rings. The molecule has 0 aromatic heterocycles. The van der Waals surface area contributed by atoms with Gasteiger partial charge in [0.25, 0.3) is 0 Å². The second-order valence-corrected chi connectivity index (χ2v) is 6.39. The van der Waals surface area contributed by atoms with Gasteiger partial charge < -0.3 is 4.74 Å². The molecule has 0 N–H and O–H groups in total. The second kappa shape index (κ2) is 12.6. The van der Waals surface area contributed by atoms with Crippen molar-refractivity contribution in [3.63, 3.8) is 0 Å². The number of hydrogen-bond acceptors (Lipinski definition) is 4. The van der Waals surface area contributed by atoms with Gasteiger partial charge in [-0.2, -0.15) is 23.5 Å². The molecular formula is C13H26O2S2. The number of carbonyl (C=O) groups is 1. The molecule has 0 heterocycles. The topological polar surface area (TPSA) is 26.3 Å². The third kappa shape index (κ3) is 12.4. The quantitative estimate of drug-likeness (QED) is 0.422. The molecule has 0 spiro atoms. The lowest BCUT2D eigenvalue weighted by Crippen LogP contribution is -2.22. The van der Waals surface area contributed by atoms with Crippen LogP contribution in [0.25, 0.3) is 0 Å². The Kier molecular flexibility index (Phi) is 12.7. The zero-order valence-corrected chi connectivity index (χ0v) is 13.0. The molecule has 102 valence electrons. The first-order valence-electron chi connectivity index (χ1n) is 6.53. The summed E-state index contributed by atoms with van der Waals surface area (Å²) in [6.07, 6.45) is 5.06. The van der Waals surface area contributed by atoms with Crippen molar-refractivity contribution in [2.45, 2.75) is 52.6 Å². The Labute approximate surface area is 115 Å². The molecule has 0 radical (unpaired) electrons. The molecular weight excluding hydrogens is 252 g/mol. The third-order valence-electron chi connectivity index (χ3n) is 2.22. The van der Waals surface area contributed by atoms with Crippen LogP contribution in [0.3, 0.4) is 0 Å². The van der Waals surface area contributed by atoms with Gasteiger partial charge in [-0.3, -0.25) is 4.79 Å². The molecule has 4 heteroatoms. The number of ether oxygens (including phenoxy) is 1. The summed E-state index contributed by atoms with van der Waals surface area (Å²) in [5, 5.41) is 0. The predicted molar refractivity (Wildman–Crippen MR) is 80.0 cm³/mol. The van der Waals surface area contributed by atoms with Crippen LogP contribution in [-0.2, 0) is 9.53 Å². The molecule has 0 aromatic carbocycles. The minimum absolute atomic E-state index is 0.0937. The first kappa shape index (κ1) is 17.2. The maximum Gasteiger partial charge on any atom is 0.302 e. The van der Waals surface area contributed by atoms with Crippen LogP contribution in [0, 0.1) is 0 Å². The monoisotopic (exact) mass is 278 g/mol. The Hall–Kier alpha value is 0.170. The van der Waals surface area contributed by atoms with Gasteiger partial charge >= 0.3 is 5.97 Å². The average Bonchev–Trinajstić information content (AvgIpc) is 2.29. The summed E-state index contributed by atoms with van der Waals surface area (Å²) in [6, 6.07) is 0. The van der Waals surface area contributed by atoms with Crippen molar-refractivity contribution in [3.8, 4) is 0 Å². The van der Waals surface area contributed by atoms with Gasteiger partial charge in [0.2, 0.25) is 0 Å². The Morgan fingerprint density at radius 2 is 1.53 bits per heavy atom. The molecule has 0 saturated heterocycles. The highest BCUT2D eigenvalue weighted by atomic mass is 32.2. The molecule has 0 saturated carbocycles. The third-order valence-corrected chi connectivity index (χ3v) is 4.59. The summed E-state index contributed by atoms with van der Waals surface area (Å²) in [6.45, 7) is 5.90. The molecule has 0 bridgehead atoms. The summed E-state index contributed by atoms with van der Waals surface area (Å²) < 4.78 is 5.33. The van der Waals surface area contributed by atoms with Gasteiger partial charge in [0, 0.05) is 18.4 Å². The first-order valence-corrected chi connectivity index (χ1v) is 8.84. The van der Waals surface area contributed by atoms with Gasteiger partial charge in [0.15, 0.2) is 0 Å². The SMILES string of the molecule is CCCCSCC(CSCCCC)OC(C)=O. The Balaban J connectivity index is 3.68. The largest absolute Gasteiger partial charge is 0.461 e. The zero-order valence-electron chi connectivity index (χ0n) is 11.4. The van der Waals surface area contributed by atoms with Crippen LogP contribution < -0.4 is 0 Å². The summed E-state index contributed by atoms with van der Waals surface area (Å²) in [7, 11) is 0. The van der Waals surface area contributed by atoms with Crippen molar-refractivity contribution in [3.05, 3.63) is 0 Å². The summed E-state index contributed by atoms with van der Waals surface area (Å²) in [5.74, 6) is 4.08. The predicted octanol–water partition coefficient (Wildman–Crippen LogP) is 3.98. The lowest BCUT2D eigenvalue weighted by molar-refractivity contribution is -0.144. The van der Waals surface area contributed by atoms with Crippen molar-refractivity contribution < 1.29 is 9.53 Å². The van der Waals surface area contributed by atoms with Crippen molar-refractivity contribution in [2.75, 3.05) is 23.0 Å². The highest BCUT2D eigenvalue weighted by molar-refractivity contribution is 8.00. The van der Waals surface area contributed by atoms with E-state index >= 15 is 0 Å². The lowest BCUT2D eigenvalue weighted by atomic mass is 10.4. The van der Waals surface area contributed by atoms with Gasteiger partial charge in [0.1, 0.15) is 6.10 Å². The van der Waals surface area contributed by atoms with Crippen molar-refractivity contribution in [1.29, 1.82) is 0 Å². The number of unbranched alkanes of at least 4 members (excludes halogenated alkanes) is 2. The standard InChI is InChI=1S/C13H26O2S2/c1-4-6-8-16-10-13(15-12(3)14)11-17-9-7-5-2/h13H,4-11H2,1-3H3. The Morgan fingerprint density at radius 1 is 1.06 bits per heavy atom. The van der Waals surface area contributed by atoms with Gasteiger partial charge in [-0.1, -0.05) is 26.7 Å². The first-order chi connectivity index (χ1) is 8.20. The smallest absolute Gasteiger partial charge is 0.302 e. The van der Waals surface area contributed by atoms with E-state index < -0.39 is 0 Å². The number of carbonyl (C=O) groups excluding carboxylic acids is 1. The van der Waals surface area contributed by atoms with Crippen molar-refractivity contribution >= 4 is 29.5 Å². The van der Waals surface area contributed by atoms with Gasteiger partial charge in [-0.25, -0.2) is 0 Å². The van der Waals surface area contributed by atoms with Crippen LogP contribution in [0.4, 0.5) is 0 Å². The number of esters is 1. The van der Waals surface area contributed by atoms with Crippen LogP contribution in [0.2, 0.25) is 0 Å². The molecule has 0 amide bonds. The van der Waals surface area contributed by atoms with Gasteiger partial charge in [0.05, 0.1) is 0 Å². The average molecular weight is 278 g/mol. The molecule has 17 heavy (non-hydrogen) atoms. The minimum Gasteiger partial charge on any atom is -0.461 e. The maximum absolute atomic E-state index is 11.0. The van der Waals surface area contributed by atoms with E-state index in [9.17, 15) is 4.79 Å². The van der Waals surface area contributed by atoms with E-state index in [0.29, 0.717) is 0 Å².